The molecule has 2 aliphatic heterocycles. The van der Waals surface area contributed by atoms with Gasteiger partial charge in [-0.15, -0.1) is 0 Å². The van der Waals surface area contributed by atoms with Crippen LogP contribution in [0.2, 0.25) is 0 Å². The molecule has 59 heavy (non-hydrogen) atoms. The van der Waals surface area contributed by atoms with Gasteiger partial charge in [0.05, 0.1) is 32.5 Å². The number of aromatic amines is 2. The zero-order chi connectivity index (χ0) is 40.6. The molecule has 0 atom stereocenters. The number of nitrogens with zero attached hydrogens (tertiary/aromatic N) is 13. The Hall–Kier alpha value is -7.29. The molecule has 1 aromatic carbocycles. The monoisotopic (exact) mass is 789 g/mol. The molecule has 7 aromatic rings. The minimum Gasteiger partial charge on any atom is -0.378 e. The van der Waals surface area contributed by atoms with Gasteiger partial charge in [-0.05, 0) is 37.3 Å². The van der Waals surface area contributed by atoms with Gasteiger partial charge in [0.1, 0.15) is 11.6 Å². The summed E-state index contributed by atoms with van der Waals surface area (Å²) in [6, 6.07) is 12.1. The number of nitrogens with one attached hydrogen (secondary N) is 2. The first-order chi connectivity index (χ1) is 29.0. The smallest absolute Gasteiger partial charge is 0.240 e. The Labute approximate surface area is 340 Å². The van der Waals surface area contributed by atoms with Crippen LogP contribution in [0.1, 0.15) is 42.6 Å². The number of hydrogen-bond acceptors (Lipinski definition) is 13. The van der Waals surface area contributed by atoms with Gasteiger partial charge in [-0.2, -0.15) is 35.2 Å². The van der Waals surface area contributed by atoms with Crippen LogP contribution in [0.5, 0.6) is 0 Å². The van der Waals surface area contributed by atoms with Crippen molar-refractivity contribution in [3.05, 3.63) is 115 Å². The van der Waals surface area contributed by atoms with Gasteiger partial charge in [-0.25, -0.2) is 9.97 Å². The van der Waals surface area contributed by atoms with E-state index in [0.29, 0.717) is 86.4 Å². The molecule has 2 aliphatic rings. The molecule has 0 aliphatic carbocycles. The third kappa shape index (κ3) is 8.40. The lowest BCUT2D eigenvalue weighted by Crippen LogP contribution is -2.37. The number of aryl methyl sites for hydroxylation is 1. The fourth-order valence-corrected chi connectivity index (χ4v) is 6.84. The van der Waals surface area contributed by atoms with Crippen LogP contribution < -0.4 is 9.80 Å². The van der Waals surface area contributed by atoms with Crippen molar-refractivity contribution in [1.29, 1.82) is 5.26 Å². The maximum Gasteiger partial charge on any atom is 0.240 e. The molecule has 0 saturated carbocycles. The summed E-state index contributed by atoms with van der Waals surface area (Å²) in [5.74, 6) is 4.83. The first-order valence-electron chi connectivity index (χ1n) is 19.4. The van der Waals surface area contributed by atoms with E-state index in [2.05, 4.69) is 65.3 Å². The fourth-order valence-electron chi connectivity index (χ4n) is 6.84. The summed E-state index contributed by atoms with van der Waals surface area (Å²) >= 11 is 0. The fraction of sp³-hybridized carbons (Fsp3) is 0.262. The summed E-state index contributed by atoms with van der Waals surface area (Å²) in [6.07, 6.45) is 18.6. The van der Waals surface area contributed by atoms with Gasteiger partial charge in [-0.1, -0.05) is 31.7 Å². The lowest BCUT2D eigenvalue weighted by Gasteiger charge is -2.27. The molecule has 0 unspecified atom stereocenters. The Bertz CT molecular complexity index is 2650. The maximum absolute atomic E-state index is 8.88. The maximum atomic E-state index is 8.88. The van der Waals surface area contributed by atoms with E-state index in [4.69, 9.17) is 34.7 Å². The third-order valence-corrected chi connectivity index (χ3v) is 9.80. The van der Waals surface area contributed by atoms with Crippen molar-refractivity contribution < 1.29 is 9.47 Å². The van der Waals surface area contributed by atoms with Crippen LogP contribution in [0.4, 0.5) is 11.9 Å². The van der Waals surface area contributed by atoms with Gasteiger partial charge < -0.3 is 29.2 Å². The van der Waals surface area contributed by atoms with Gasteiger partial charge in [0, 0.05) is 109 Å². The largest absolute Gasteiger partial charge is 0.378 e. The number of H-pyrrole nitrogens is 2. The van der Waals surface area contributed by atoms with Crippen LogP contribution in [0.25, 0.3) is 51.9 Å². The van der Waals surface area contributed by atoms with Gasteiger partial charge in [-0.3, -0.25) is 9.13 Å². The van der Waals surface area contributed by atoms with E-state index < -0.39 is 0 Å². The van der Waals surface area contributed by atoms with E-state index in [9.17, 15) is 0 Å². The standard InChI is InChI=1S/C22H22N8O.C20H21N7O/c1-3-5-18-17(7-9-24-18)16(2)20-26-21(29-12-14-31-15-13-29)28-22(27-20)30-11-10-25-19(30)6-4-8-23;1-2-17-22-8-9-27(17)20-24-18(15-4-3-5-16-14(15)6-7-21-16)23-19(25-20)26-10-12-28-13-11-26/h3-7,9-11,24H,2,12-15H2,1H3;3-9,21H,2,10-13H2,1H3/b5-3-,6-4+;. The molecule has 17 heteroatoms. The van der Waals surface area contributed by atoms with Crippen molar-refractivity contribution >= 4 is 40.5 Å². The van der Waals surface area contributed by atoms with Crippen LogP contribution >= 0.6 is 0 Å². The normalized spacial score (nSPS) is 14.5. The summed E-state index contributed by atoms with van der Waals surface area (Å²) in [6.45, 7) is 13.8. The molecular formula is C42H43N15O2. The van der Waals surface area contributed by atoms with E-state index in [-0.39, 0.29) is 0 Å². The average Bonchev–Trinajstić information content (AvgIpc) is 4.14. The first kappa shape index (κ1) is 38.6. The van der Waals surface area contributed by atoms with Gasteiger partial charge in [0.2, 0.25) is 23.8 Å². The summed E-state index contributed by atoms with van der Waals surface area (Å²) in [4.78, 5) is 47.9. The SMILES string of the molecule is C=C(c1nc(N2CCOCC2)nc(-n2ccnc2/C=C/C#N)n1)c1cc[nH]c1/C=C\C.CCc1nccn1-c1nc(-c2cccc3[nH]ccc23)nc(N2CCOCC2)n1. The number of anilines is 2. The number of ether oxygens (including phenoxy) is 2. The number of benzene rings is 1. The quantitative estimate of drug-likeness (QED) is 0.166. The predicted octanol–water partition coefficient (Wildman–Crippen LogP) is 5.46. The second-order valence-electron chi connectivity index (χ2n) is 13.4. The summed E-state index contributed by atoms with van der Waals surface area (Å²) < 4.78 is 14.6. The average molecular weight is 790 g/mol. The third-order valence-electron chi connectivity index (χ3n) is 9.80. The highest BCUT2D eigenvalue weighted by Crippen LogP contribution is 2.28. The van der Waals surface area contributed by atoms with Crippen LogP contribution in [-0.2, 0) is 15.9 Å². The molecule has 0 spiro atoms. The number of fused-ring (bicyclic) bond motifs is 1. The number of aromatic nitrogens is 12. The van der Waals surface area contributed by atoms with Gasteiger partial charge in [0.25, 0.3) is 0 Å². The number of morpholine rings is 2. The molecule has 2 N–H and O–H groups in total. The number of allylic oxidation sites excluding steroid dienone is 2. The molecule has 0 bridgehead atoms. The zero-order valence-electron chi connectivity index (χ0n) is 32.9. The molecule has 17 nitrogen and oxygen atoms in total. The minimum absolute atomic E-state index is 0.408. The first-order valence-corrected chi connectivity index (χ1v) is 19.4. The van der Waals surface area contributed by atoms with Crippen LogP contribution in [0.3, 0.4) is 0 Å². The molecule has 6 aromatic heterocycles. The van der Waals surface area contributed by atoms with Crippen molar-refractivity contribution in [2.75, 3.05) is 62.4 Å². The second-order valence-corrected chi connectivity index (χ2v) is 13.4. The van der Waals surface area contributed by atoms with Crippen molar-refractivity contribution in [3.63, 3.8) is 0 Å². The van der Waals surface area contributed by atoms with E-state index >= 15 is 0 Å². The number of imidazole rings is 2. The van der Waals surface area contributed by atoms with E-state index in [1.54, 1.807) is 29.2 Å². The molecule has 8 heterocycles. The molecule has 0 radical (unpaired) electrons. The molecular weight excluding hydrogens is 747 g/mol. The Kier molecular flexibility index (Phi) is 11.7. The highest BCUT2D eigenvalue weighted by atomic mass is 16.5. The highest BCUT2D eigenvalue weighted by molar-refractivity contribution is 5.93. The summed E-state index contributed by atoms with van der Waals surface area (Å²) in [7, 11) is 0. The molecule has 2 saturated heterocycles. The van der Waals surface area contributed by atoms with Crippen molar-refractivity contribution in [2.45, 2.75) is 20.3 Å². The van der Waals surface area contributed by atoms with Crippen LogP contribution in [0.15, 0.2) is 86.2 Å². The summed E-state index contributed by atoms with van der Waals surface area (Å²) in [5.41, 5.74) is 4.57. The number of rotatable bonds is 10. The van der Waals surface area contributed by atoms with Crippen molar-refractivity contribution in [1.82, 2.24) is 59.0 Å². The van der Waals surface area contributed by atoms with E-state index in [0.717, 1.165) is 53.1 Å². The number of nitriles is 1. The van der Waals surface area contributed by atoms with Crippen molar-refractivity contribution in [3.8, 4) is 29.4 Å². The van der Waals surface area contributed by atoms with Crippen LogP contribution in [-0.4, -0.2) is 112 Å². The van der Waals surface area contributed by atoms with Gasteiger partial charge >= 0.3 is 0 Å². The van der Waals surface area contributed by atoms with E-state index in [1.165, 1.54) is 6.08 Å². The Balaban J connectivity index is 0.000000165. The lowest BCUT2D eigenvalue weighted by atomic mass is 10.1. The Morgan fingerprint density at radius 2 is 1.46 bits per heavy atom. The minimum atomic E-state index is 0.408. The second kappa shape index (κ2) is 17.9. The van der Waals surface area contributed by atoms with Gasteiger partial charge in [0.15, 0.2) is 11.6 Å². The topological polar surface area (TPSA) is 193 Å². The molecule has 0 amide bonds. The lowest BCUT2D eigenvalue weighted by molar-refractivity contribution is 0.122. The predicted molar refractivity (Wildman–Crippen MR) is 225 cm³/mol. The Morgan fingerprint density at radius 1 is 0.797 bits per heavy atom. The van der Waals surface area contributed by atoms with Crippen LogP contribution in [0, 0.1) is 11.3 Å². The van der Waals surface area contributed by atoms with E-state index in [1.807, 2.05) is 66.5 Å². The molecule has 2 fully saturated rings. The highest BCUT2D eigenvalue weighted by Gasteiger charge is 2.22. The molecule has 9 rings (SSSR count). The molecule has 298 valence electrons. The summed E-state index contributed by atoms with van der Waals surface area (Å²) in [5, 5.41) is 9.97. The Morgan fingerprint density at radius 3 is 2.19 bits per heavy atom. The zero-order valence-corrected chi connectivity index (χ0v) is 32.9. The van der Waals surface area contributed by atoms with Crippen molar-refractivity contribution in [2.24, 2.45) is 0 Å². The number of hydrogen-bond donors (Lipinski definition) is 2.